The number of rotatable bonds is 1. The summed E-state index contributed by atoms with van der Waals surface area (Å²) in [6, 6.07) is 3.50. The standard InChI is InChI=1S/C11H8BrNO3/c1-5-2-6-9(8(12)3-5)13-4-7(10(6)14)11(15)16/h2-4,7H,1H3,(H,15,16). The van der Waals surface area contributed by atoms with Crippen molar-refractivity contribution in [3.63, 3.8) is 0 Å². The number of Topliss-reactive ketones (excluding diaryl/α,β-unsaturated/α-hetero) is 1. The first-order valence-corrected chi connectivity index (χ1v) is 5.41. The number of carbonyl (C=O) groups excluding carboxylic acids is 1. The molecule has 1 aliphatic rings. The maximum absolute atomic E-state index is 11.9. The van der Waals surface area contributed by atoms with Gasteiger partial charge in [0.1, 0.15) is 0 Å². The van der Waals surface area contributed by atoms with Crippen LogP contribution in [-0.2, 0) is 4.79 Å². The van der Waals surface area contributed by atoms with Gasteiger partial charge in [-0.3, -0.25) is 14.6 Å². The first-order valence-electron chi connectivity index (χ1n) is 4.62. The van der Waals surface area contributed by atoms with Crippen molar-refractivity contribution in [2.75, 3.05) is 0 Å². The molecule has 1 heterocycles. The number of fused-ring (bicyclic) bond motifs is 1. The number of aliphatic carboxylic acids is 1. The zero-order chi connectivity index (χ0) is 11.9. The summed E-state index contributed by atoms with van der Waals surface area (Å²) in [6.07, 6.45) is 1.17. The second kappa shape index (κ2) is 3.83. The lowest BCUT2D eigenvalue weighted by molar-refractivity contribution is -0.137. The number of halogens is 1. The molecular formula is C11H8BrNO3. The molecule has 1 atom stereocenters. The van der Waals surface area contributed by atoms with E-state index in [1.807, 2.05) is 13.0 Å². The number of carbonyl (C=O) groups is 2. The lowest BCUT2D eigenvalue weighted by atomic mass is 9.93. The topological polar surface area (TPSA) is 66.7 Å². The van der Waals surface area contributed by atoms with Gasteiger partial charge in [-0.25, -0.2) is 0 Å². The molecule has 4 nitrogen and oxygen atoms in total. The first kappa shape index (κ1) is 11.0. The van der Waals surface area contributed by atoms with Crippen molar-refractivity contribution < 1.29 is 14.7 Å². The molecule has 0 saturated carbocycles. The number of carboxylic acid groups (broad SMARTS) is 1. The van der Waals surface area contributed by atoms with Gasteiger partial charge in [-0.15, -0.1) is 0 Å². The molecule has 0 amide bonds. The zero-order valence-electron chi connectivity index (χ0n) is 8.40. The van der Waals surface area contributed by atoms with E-state index < -0.39 is 17.7 Å². The van der Waals surface area contributed by atoms with Gasteiger partial charge >= 0.3 is 5.97 Å². The Morgan fingerprint density at radius 2 is 2.19 bits per heavy atom. The van der Waals surface area contributed by atoms with E-state index in [0.717, 1.165) is 5.56 Å². The number of aryl methyl sites for hydroxylation is 1. The number of hydrogen-bond donors (Lipinski definition) is 1. The van der Waals surface area contributed by atoms with Crippen LogP contribution < -0.4 is 0 Å². The van der Waals surface area contributed by atoms with Gasteiger partial charge in [0.2, 0.25) is 0 Å². The van der Waals surface area contributed by atoms with Gasteiger partial charge in [0.15, 0.2) is 11.7 Å². The summed E-state index contributed by atoms with van der Waals surface area (Å²) in [6.45, 7) is 1.84. The third-order valence-corrected chi connectivity index (χ3v) is 2.98. The third-order valence-electron chi connectivity index (χ3n) is 2.37. The Labute approximate surface area is 100 Å². The Morgan fingerprint density at radius 3 is 2.81 bits per heavy atom. The van der Waals surface area contributed by atoms with Crippen LogP contribution in [0, 0.1) is 12.8 Å². The smallest absolute Gasteiger partial charge is 0.319 e. The van der Waals surface area contributed by atoms with Crippen molar-refractivity contribution in [2.45, 2.75) is 6.92 Å². The van der Waals surface area contributed by atoms with E-state index in [4.69, 9.17) is 5.11 Å². The van der Waals surface area contributed by atoms with E-state index >= 15 is 0 Å². The highest BCUT2D eigenvalue weighted by molar-refractivity contribution is 9.10. The predicted octanol–water partition coefficient (Wildman–Crippen LogP) is 2.36. The molecule has 2 rings (SSSR count). The lowest BCUT2D eigenvalue weighted by Crippen LogP contribution is -2.27. The van der Waals surface area contributed by atoms with Crippen molar-refractivity contribution >= 4 is 39.6 Å². The molecule has 1 unspecified atom stereocenters. The highest BCUT2D eigenvalue weighted by atomic mass is 79.9. The van der Waals surface area contributed by atoms with Crippen LogP contribution in [0.2, 0.25) is 0 Å². The van der Waals surface area contributed by atoms with Crippen LogP contribution in [0.1, 0.15) is 15.9 Å². The van der Waals surface area contributed by atoms with E-state index in [9.17, 15) is 9.59 Å². The second-order valence-corrected chi connectivity index (χ2v) is 4.46. The van der Waals surface area contributed by atoms with Gasteiger partial charge in [0.25, 0.3) is 0 Å². The molecule has 1 aromatic rings. The van der Waals surface area contributed by atoms with Gasteiger partial charge < -0.3 is 5.11 Å². The maximum Gasteiger partial charge on any atom is 0.319 e. The van der Waals surface area contributed by atoms with Gasteiger partial charge in [0.05, 0.1) is 5.69 Å². The summed E-state index contributed by atoms with van der Waals surface area (Å²) in [4.78, 5) is 26.7. The summed E-state index contributed by atoms with van der Waals surface area (Å²) in [7, 11) is 0. The molecule has 82 valence electrons. The van der Waals surface area contributed by atoms with Crippen LogP contribution in [0.3, 0.4) is 0 Å². The van der Waals surface area contributed by atoms with Gasteiger partial charge in [0, 0.05) is 16.3 Å². The Kier molecular flexibility index (Phi) is 2.63. The van der Waals surface area contributed by atoms with Crippen molar-refractivity contribution in [1.82, 2.24) is 0 Å². The minimum Gasteiger partial charge on any atom is -0.480 e. The molecular weight excluding hydrogens is 274 g/mol. The van der Waals surface area contributed by atoms with Gasteiger partial charge in [-0.2, -0.15) is 0 Å². The molecule has 1 aromatic carbocycles. The van der Waals surface area contributed by atoms with Gasteiger partial charge in [-0.1, -0.05) is 0 Å². The lowest BCUT2D eigenvalue weighted by Gasteiger charge is -2.15. The largest absolute Gasteiger partial charge is 0.480 e. The van der Waals surface area contributed by atoms with E-state index in [-0.39, 0.29) is 0 Å². The van der Waals surface area contributed by atoms with Crippen LogP contribution in [0.5, 0.6) is 0 Å². The van der Waals surface area contributed by atoms with Crippen molar-refractivity contribution in [2.24, 2.45) is 10.9 Å². The molecule has 1 N–H and O–H groups in total. The van der Waals surface area contributed by atoms with E-state index in [0.29, 0.717) is 15.7 Å². The van der Waals surface area contributed by atoms with E-state index in [1.165, 1.54) is 6.21 Å². The highest BCUT2D eigenvalue weighted by Gasteiger charge is 2.31. The van der Waals surface area contributed by atoms with Crippen LogP contribution in [0.4, 0.5) is 5.69 Å². The highest BCUT2D eigenvalue weighted by Crippen LogP contribution is 2.34. The fraction of sp³-hybridized carbons (Fsp3) is 0.182. The molecule has 5 heteroatoms. The summed E-state index contributed by atoms with van der Waals surface area (Å²) < 4.78 is 0.705. The minimum atomic E-state index is -1.17. The molecule has 0 bridgehead atoms. The van der Waals surface area contributed by atoms with Crippen molar-refractivity contribution in [3.05, 3.63) is 27.7 Å². The average Bonchev–Trinajstić information content (AvgIpc) is 2.19. The quantitative estimate of drug-likeness (QED) is 0.804. The van der Waals surface area contributed by atoms with Crippen molar-refractivity contribution in [3.8, 4) is 0 Å². The fourth-order valence-corrected chi connectivity index (χ4v) is 2.29. The molecule has 0 fully saturated rings. The van der Waals surface area contributed by atoms with E-state index in [1.54, 1.807) is 6.07 Å². The normalized spacial score (nSPS) is 18.4. The van der Waals surface area contributed by atoms with Crippen LogP contribution in [0.15, 0.2) is 21.6 Å². The average molecular weight is 282 g/mol. The molecule has 0 saturated heterocycles. The molecule has 16 heavy (non-hydrogen) atoms. The minimum absolute atomic E-state index is 0.363. The SMILES string of the molecule is Cc1cc(Br)c2c(c1)C(=O)C(C(=O)O)C=N2. The molecule has 0 spiro atoms. The van der Waals surface area contributed by atoms with Crippen LogP contribution in [-0.4, -0.2) is 23.1 Å². The molecule has 0 aromatic heterocycles. The predicted molar refractivity (Wildman–Crippen MR) is 62.5 cm³/mol. The number of benzene rings is 1. The summed E-state index contributed by atoms with van der Waals surface area (Å²) in [5.74, 6) is -2.75. The Balaban J connectivity index is 2.60. The van der Waals surface area contributed by atoms with Gasteiger partial charge in [-0.05, 0) is 40.5 Å². The number of aliphatic imine (C=N–C) groups is 1. The number of carboxylic acids is 1. The molecule has 1 aliphatic heterocycles. The van der Waals surface area contributed by atoms with E-state index in [2.05, 4.69) is 20.9 Å². The fourth-order valence-electron chi connectivity index (χ4n) is 1.61. The molecule has 0 aliphatic carbocycles. The Bertz CT molecular complexity index is 522. The Morgan fingerprint density at radius 1 is 1.50 bits per heavy atom. The molecule has 0 radical (unpaired) electrons. The number of nitrogens with zero attached hydrogens (tertiary/aromatic N) is 1. The second-order valence-electron chi connectivity index (χ2n) is 3.60. The van der Waals surface area contributed by atoms with Crippen molar-refractivity contribution in [1.29, 1.82) is 0 Å². The maximum atomic E-state index is 11.9. The van der Waals surface area contributed by atoms with Crippen LogP contribution >= 0.6 is 15.9 Å². The van der Waals surface area contributed by atoms with Crippen LogP contribution in [0.25, 0.3) is 0 Å². The summed E-state index contributed by atoms with van der Waals surface area (Å²) in [5, 5.41) is 8.85. The monoisotopic (exact) mass is 281 g/mol. The summed E-state index contributed by atoms with van der Waals surface area (Å²) >= 11 is 3.30. The number of ketones is 1. The third kappa shape index (κ3) is 1.67. The summed E-state index contributed by atoms with van der Waals surface area (Å²) in [5.41, 5.74) is 1.76. The number of hydrogen-bond acceptors (Lipinski definition) is 3. The first-order chi connectivity index (χ1) is 7.50. The Hall–Kier alpha value is -1.49. The zero-order valence-corrected chi connectivity index (χ0v) is 9.98.